The van der Waals surface area contributed by atoms with Gasteiger partial charge in [0.15, 0.2) is 6.73 Å². The van der Waals surface area contributed by atoms with E-state index >= 15 is 0 Å². The molecule has 0 spiro atoms. The Kier molecular flexibility index (Phi) is 5.84. The zero-order valence-electron chi connectivity index (χ0n) is 15.4. The first kappa shape index (κ1) is 20.0. The van der Waals surface area contributed by atoms with Gasteiger partial charge in [-0.1, -0.05) is 12.1 Å². The van der Waals surface area contributed by atoms with Gasteiger partial charge in [0.1, 0.15) is 0 Å². The highest BCUT2D eigenvalue weighted by atomic mass is 16.6. The van der Waals surface area contributed by atoms with Crippen LogP contribution >= 0.6 is 0 Å². The summed E-state index contributed by atoms with van der Waals surface area (Å²) in [6.45, 7) is 0.0961. The van der Waals surface area contributed by atoms with Crippen molar-refractivity contribution in [2.75, 3.05) is 32.3 Å². The molecule has 0 atom stereocenters. The largest absolute Gasteiger partial charge is 0.440 e. The first-order valence-corrected chi connectivity index (χ1v) is 8.57. The van der Waals surface area contributed by atoms with E-state index in [0.717, 1.165) is 11.0 Å². The van der Waals surface area contributed by atoms with Crippen molar-refractivity contribution in [3.8, 4) is 0 Å². The number of nitro benzene ring substituents is 1. The maximum absolute atomic E-state index is 12.6. The van der Waals surface area contributed by atoms with Crippen molar-refractivity contribution in [1.29, 1.82) is 0 Å². The van der Waals surface area contributed by atoms with Crippen LogP contribution in [0.15, 0.2) is 42.5 Å². The number of carbonyl (C=O) groups is 3. The number of non-ortho nitro benzene ring substituents is 1. The van der Waals surface area contributed by atoms with E-state index in [9.17, 15) is 24.5 Å². The van der Waals surface area contributed by atoms with E-state index in [-0.39, 0.29) is 22.4 Å². The Bertz CT molecular complexity index is 955. The molecule has 0 radical (unpaired) electrons. The Morgan fingerprint density at radius 3 is 2.38 bits per heavy atom. The molecule has 3 rings (SSSR count). The minimum atomic E-state index is -0.912. The summed E-state index contributed by atoms with van der Waals surface area (Å²) in [5, 5.41) is 14.0. The van der Waals surface area contributed by atoms with Gasteiger partial charge in [0.25, 0.3) is 17.5 Å². The predicted molar refractivity (Wildman–Crippen MR) is 101 cm³/mol. The van der Waals surface area contributed by atoms with E-state index in [1.165, 1.54) is 31.4 Å². The molecule has 10 nitrogen and oxygen atoms in total. The number of carbonyl (C=O) groups excluding carboxylic acids is 3. The van der Waals surface area contributed by atoms with Crippen molar-refractivity contribution >= 4 is 29.2 Å². The summed E-state index contributed by atoms with van der Waals surface area (Å²) in [6.07, 6.45) is 0. The number of esters is 1. The summed E-state index contributed by atoms with van der Waals surface area (Å²) in [7, 11) is 1.51. The number of hydrogen-bond donors (Lipinski definition) is 1. The second kappa shape index (κ2) is 8.48. The second-order valence-electron chi connectivity index (χ2n) is 6.05. The summed E-state index contributed by atoms with van der Waals surface area (Å²) in [5.74, 6) is -2.06. The first-order valence-electron chi connectivity index (χ1n) is 8.57. The molecule has 0 aromatic heterocycles. The van der Waals surface area contributed by atoms with Crippen LogP contribution in [-0.2, 0) is 9.47 Å². The van der Waals surface area contributed by atoms with Crippen LogP contribution in [0.3, 0.4) is 0 Å². The van der Waals surface area contributed by atoms with Crippen molar-refractivity contribution in [3.05, 3.63) is 69.3 Å². The lowest BCUT2D eigenvalue weighted by molar-refractivity contribution is -0.384. The summed E-state index contributed by atoms with van der Waals surface area (Å²) < 4.78 is 10.0. The number of amides is 2. The number of imide groups is 1. The molecular weight excluding hydrogens is 382 g/mol. The number of nitro groups is 1. The van der Waals surface area contributed by atoms with Gasteiger partial charge in [0.2, 0.25) is 0 Å². The molecule has 0 bridgehead atoms. The Labute approximate surface area is 165 Å². The molecule has 0 aliphatic carbocycles. The van der Waals surface area contributed by atoms with Crippen LogP contribution in [0.2, 0.25) is 0 Å². The number of nitrogens with one attached hydrogen (secondary N) is 1. The topological polar surface area (TPSA) is 128 Å². The molecule has 10 heteroatoms. The van der Waals surface area contributed by atoms with Gasteiger partial charge in [-0.05, 0) is 18.2 Å². The summed E-state index contributed by atoms with van der Waals surface area (Å²) in [5.41, 5.74) is 0.374. The fourth-order valence-corrected chi connectivity index (χ4v) is 2.81. The van der Waals surface area contributed by atoms with Gasteiger partial charge in [-0.2, -0.15) is 0 Å². The lowest BCUT2D eigenvalue weighted by atomic mass is 10.1. The molecule has 2 amide bonds. The predicted octanol–water partition coefficient (Wildman–Crippen LogP) is 2.06. The number of benzene rings is 2. The summed E-state index contributed by atoms with van der Waals surface area (Å²) in [6, 6.07) is 9.97. The molecule has 0 saturated heterocycles. The smallest absolute Gasteiger partial charge is 0.342 e. The summed E-state index contributed by atoms with van der Waals surface area (Å²) in [4.78, 5) is 48.4. The highest BCUT2D eigenvalue weighted by molar-refractivity contribution is 6.21. The van der Waals surface area contributed by atoms with Crippen LogP contribution < -0.4 is 5.32 Å². The molecule has 2 aromatic rings. The third-order valence-corrected chi connectivity index (χ3v) is 4.26. The number of fused-ring (bicyclic) bond motifs is 1. The van der Waals surface area contributed by atoms with Crippen LogP contribution in [0.25, 0.3) is 0 Å². The molecule has 0 unspecified atom stereocenters. The minimum absolute atomic E-state index is 0.0908. The molecule has 150 valence electrons. The van der Waals surface area contributed by atoms with Gasteiger partial charge in [0, 0.05) is 31.5 Å². The molecule has 1 N–H and O–H groups in total. The van der Waals surface area contributed by atoms with Crippen molar-refractivity contribution < 1.29 is 28.8 Å². The van der Waals surface area contributed by atoms with Crippen molar-refractivity contribution in [2.24, 2.45) is 0 Å². The molecule has 1 aliphatic rings. The van der Waals surface area contributed by atoms with Crippen LogP contribution in [0.4, 0.5) is 11.4 Å². The standard InChI is InChI=1S/C19H17N3O7/c1-28-9-8-20-16-7-6-12(22(26)27)10-15(16)19(25)29-11-21-17(23)13-4-2-3-5-14(13)18(21)24/h2-7,10,20H,8-9,11H2,1H3. The lowest BCUT2D eigenvalue weighted by Crippen LogP contribution is -2.33. The van der Waals surface area contributed by atoms with E-state index in [2.05, 4.69) is 5.32 Å². The van der Waals surface area contributed by atoms with Crippen molar-refractivity contribution in [2.45, 2.75) is 0 Å². The number of hydrogen-bond acceptors (Lipinski definition) is 8. The van der Waals surface area contributed by atoms with Gasteiger partial charge in [-0.15, -0.1) is 0 Å². The van der Waals surface area contributed by atoms with E-state index in [0.29, 0.717) is 18.8 Å². The van der Waals surface area contributed by atoms with Crippen LogP contribution in [-0.4, -0.2) is 54.6 Å². The van der Waals surface area contributed by atoms with Crippen molar-refractivity contribution in [1.82, 2.24) is 4.90 Å². The van der Waals surface area contributed by atoms with Crippen LogP contribution in [0.1, 0.15) is 31.1 Å². The Balaban J connectivity index is 1.76. The van der Waals surface area contributed by atoms with Gasteiger partial charge in [-0.3, -0.25) is 19.7 Å². The Hall–Kier alpha value is -3.79. The average molecular weight is 399 g/mol. The van der Waals surface area contributed by atoms with E-state index in [1.54, 1.807) is 12.1 Å². The minimum Gasteiger partial charge on any atom is -0.440 e. The van der Waals surface area contributed by atoms with Crippen LogP contribution in [0, 0.1) is 10.1 Å². The number of rotatable bonds is 8. The quantitative estimate of drug-likeness (QED) is 0.235. The Morgan fingerprint density at radius 2 is 1.79 bits per heavy atom. The molecule has 0 saturated carbocycles. The number of nitrogens with zero attached hydrogens (tertiary/aromatic N) is 2. The van der Waals surface area contributed by atoms with Gasteiger partial charge >= 0.3 is 5.97 Å². The van der Waals surface area contributed by atoms with Crippen molar-refractivity contribution in [3.63, 3.8) is 0 Å². The third kappa shape index (κ3) is 4.06. The maximum Gasteiger partial charge on any atom is 0.342 e. The monoisotopic (exact) mass is 399 g/mol. The molecule has 0 fully saturated rings. The highest BCUT2D eigenvalue weighted by Crippen LogP contribution is 2.25. The number of anilines is 1. The third-order valence-electron chi connectivity index (χ3n) is 4.26. The van der Waals surface area contributed by atoms with E-state index in [4.69, 9.17) is 9.47 Å². The van der Waals surface area contributed by atoms with Gasteiger partial charge in [-0.25, -0.2) is 9.69 Å². The normalized spacial score (nSPS) is 12.7. The zero-order chi connectivity index (χ0) is 21.0. The molecular formula is C19H17N3O7. The van der Waals surface area contributed by atoms with Gasteiger partial charge in [0.05, 0.1) is 28.2 Å². The Morgan fingerprint density at radius 1 is 1.14 bits per heavy atom. The molecule has 1 heterocycles. The van der Waals surface area contributed by atoms with Crippen LogP contribution in [0.5, 0.6) is 0 Å². The van der Waals surface area contributed by atoms with E-state index < -0.39 is 29.4 Å². The lowest BCUT2D eigenvalue weighted by Gasteiger charge is -2.15. The fourth-order valence-electron chi connectivity index (χ4n) is 2.81. The zero-order valence-corrected chi connectivity index (χ0v) is 15.4. The maximum atomic E-state index is 12.6. The molecule has 1 aliphatic heterocycles. The number of ether oxygens (including phenoxy) is 2. The number of methoxy groups -OCH3 is 1. The molecule has 29 heavy (non-hydrogen) atoms. The van der Waals surface area contributed by atoms with E-state index in [1.807, 2.05) is 0 Å². The first-order chi connectivity index (χ1) is 13.9. The fraction of sp³-hybridized carbons (Fsp3) is 0.211. The average Bonchev–Trinajstić information content (AvgIpc) is 2.97. The second-order valence-corrected chi connectivity index (χ2v) is 6.05. The highest BCUT2D eigenvalue weighted by Gasteiger charge is 2.36. The van der Waals surface area contributed by atoms with Gasteiger partial charge < -0.3 is 14.8 Å². The SMILES string of the molecule is COCCNc1ccc([N+](=O)[O-])cc1C(=O)OCN1C(=O)c2ccccc2C1=O. The molecule has 2 aromatic carbocycles. The summed E-state index contributed by atoms with van der Waals surface area (Å²) >= 11 is 0.